The predicted molar refractivity (Wildman–Crippen MR) is 91.5 cm³/mol. The molecule has 1 fully saturated rings. The molecule has 8 heteroatoms. The van der Waals surface area contributed by atoms with Gasteiger partial charge in [-0.05, 0) is 45.1 Å². The predicted octanol–water partition coefficient (Wildman–Crippen LogP) is 0.435. The smallest absolute Gasteiger partial charge is 0.251 e. The number of sulfonamides is 1. The molecule has 134 valence electrons. The Kier molecular flexibility index (Phi) is 6.73. The average Bonchev–Trinajstić information content (AvgIpc) is 3.05. The van der Waals surface area contributed by atoms with E-state index in [2.05, 4.69) is 10.0 Å². The Hall–Kier alpha value is -1.48. The fraction of sp³-hybridized carbons (Fsp3) is 0.562. The third kappa shape index (κ3) is 5.55. The van der Waals surface area contributed by atoms with Crippen molar-refractivity contribution in [2.24, 2.45) is 0 Å². The molecule has 1 aliphatic rings. The maximum Gasteiger partial charge on any atom is 0.251 e. The van der Waals surface area contributed by atoms with Crippen LogP contribution in [-0.2, 0) is 14.8 Å². The van der Waals surface area contributed by atoms with E-state index in [1.165, 1.54) is 12.1 Å². The molecule has 1 amide bonds. The normalized spacial score (nSPS) is 18.0. The zero-order valence-electron chi connectivity index (χ0n) is 14.1. The van der Waals surface area contributed by atoms with E-state index >= 15 is 0 Å². The molecule has 1 aromatic rings. The first-order valence-electron chi connectivity index (χ1n) is 8.03. The minimum Gasteiger partial charge on any atom is -0.376 e. The van der Waals surface area contributed by atoms with E-state index in [1.54, 1.807) is 12.1 Å². The fourth-order valence-corrected chi connectivity index (χ4v) is 3.47. The van der Waals surface area contributed by atoms with E-state index in [0.717, 1.165) is 19.4 Å². The summed E-state index contributed by atoms with van der Waals surface area (Å²) in [7, 11) is 0.113. The Morgan fingerprint density at radius 1 is 1.38 bits per heavy atom. The number of hydrogen-bond donors (Lipinski definition) is 2. The van der Waals surface area contributed by atoms with Crippen molar-refractivity contribution >= 4 is 15.9 Å². The van der Waals surface area contributed by atoms with Crippen LogP contribution in [0.3, 0.4) is 0 Å². The quantitative estimate of drug-likeness (QED) is 0.706. The van der Waals surface area contributed by atoms with Gasteiger partial charge in [0.2, 0.25) is 10.0 Å². The van der Waals surface area contributed by atoms with Crippen LogP contribution >= 0.6 is 0 Å². The summed E-state index contributed by atoms with van der Waals surface area (Å²) in [5.74, 6) is -0.296. The number of likely N-dealkylation sites (N-methyl/N-ethyl adjacent to an activating group) is 1. The molecule has 1 aromatic carbocycles. The number of rotatable bonds is 8. The highest BCUT2D eigenvalue weighted by molar-refractivity contribution is 7.89. The second kappa shape index (κ2) is 8.57. The number of carbonyl (C=O) groups is 1. The van der Waals surface area contributed by atoms with Gasteiger partial charge in [0.15, 0.2) is 0 Å². The van der Waals surface area contributed by atoms with Crippen molar-refractivity contribution in [2.45, 2.75) is 23.8 Å². The molecule has 0 aliphatic carbocycles. The number of benzene rings is 1. The summed E-state index contributed by atoms with van der Waals surface area (Å²) in [6.45, 7) is 2.08. The topological polar surface area (TPSA) is 87.7 Å². The monoisotopic (exact) mass is 355 g/mol. The van der Waals surface area contributed by atoms with Crippen molar-refractivity contribution in [1.82, 2.24) is 14.9 Å². The van der Waals surface area contributed by atoms with Crippen molar-refractivity contribution in [3.8, 4) is 0 Å². The SMILES string of the molecule is CN(C)CCNS(=O)(=O)c1cccc(C(=O)NCC2CCCO2)c1. The molecule has 1 heterocycles. The summed E-state index contributed by atoms with van der Waals surface area (Å²) in [5, 5.41) is 2.79. The van der Waals surface area contributed by atoms with Crippen molar-refractivity contribution in [1.29, 1.82) is 0 Å². The van der Waals surface area contributed by atoms with Gasteiger partial charge < -0.3 is 15.0 Å². The lowest BCUT2D eigenvalue weighted by atomic mass is 10.2. The van der Waals surface area contributed by atoms with Gasteiger partial charge in [-0.3, -0.25) is 4.79 Å². The van der Waals surface area contributed by atoms with Gasteiger partial charge in [-0.1, -0.05) is 6.07 Å². The Morgan fingerprint density at radius 3 is 2.83 bits per heavy atom. The average molecular weight is 355 g/mol. The van der Waals surface area contributed by atoms with E-state index in [4.69, 9.17) is 4.74 Å². The van der Waals surface area contributed by atoms with E-state index in [9.17, 15) is 13.2 Å². The number of nitrogens with one attached hydrogen (secondary N) is 2. The minimum absolute atomic E-state index is 0.0496. The highest BCUT2D eigenvalue weighted by atomic mass is 32.2. The van der Waals surface area contributed by atoms with Gasteiger partial charge in [-0.25, -0.2) is 13.1 Å². The molecular weight excluding hydrogens is 330 g/mol. The van der Waals surface area contributed by atoms with Gasteiger partial charge in [0, 0.05) is 31.8 Å². The lowest BCUT2D eigenvalue weighted by molar-refractivity contribution is 0.0857. The van der Waals surface area contributed by atoms with E-state index in [-0.39, 0.29) is 16.9 Å². The van der Waals surface area contributed by atoms with Crippen LogP contribution in [0.25, 0.3) is 0 Å². The van der Waals surface area contributed by atoms with Crippen LogP contribution in [0.2, 0.25) is 0 Å². The van der Waals surface area contributed by atoms with Crippen molar-refractivity contribution in [3.05, 3.63) is 29.8 Å². The van der Waals surface area contributed by atoms with E-state index in [1.807, 2.05) is 19.0 Å². The van der Waals surface area contributed by atoms with Crippen molar-refractivity contribution < 1.29 is 17.9 Å². The first-order valence-corrected chi connectivity index (χ1v) is 9.51. The molecule has 7 nitrogen and oxygen atoms in total. The molecule has 2 N–H and O–H groups in total. The molecule has 1 unspecified atom stereocenters. The number of hydrogen-bond acceptors (Lipinski definition) is 5. The van der Waals surface area contributed by atoms with Gasteiger partial charge in [0.1, 0.15) is 0 Å². The van der Waals surface area contributed by atoms with Crippen molar-refractivity contribution in [3.63, 3.8) is 0 Å². The molecule has 0 aromatic heterocycles. The highest BCUT2D eigenvalue weighted by Gasteiger charge is 2.18. The largest absolute Gasteiger partial charge is 0.376 e. The Bertz CT molecular complexity index is 655. The van der Waals surface area contributed by atoms with Crippen LogP contribution in [0.5, 0.6) is 0 Å². The van der Waals surface area contributed by atoms with Crippen LogP contribution in [0.1, 0.15) is 23.2 Å². The van der Waals surface area contributed by atoms with Crippen LogP contribution in [-0.4, -0.2) is 65.7 Å². The van der Waals surface area contributed by atoms with Gasteiger partial charge in [0.25, 0.3) is 5.91 Å². The Labute approximate surface area is 143 Å². The second-order valence-corrected chi connectivity index (χ2v) is 7.84. The zero-order valence-corrected chi connectivity index (χ0v) is 14.9. The molecule has 1 aliphatic heterocycles. The Morgan fingerprint density at radius 2 is 2.17 bits per heavy atom. The van der Waals surface area contributed by atoms with Crippen LogP contribution in [0.15, 0.2) is 29.2 Å². The first kappa shape index (κ1) is 18.9. The van der Waals surface area contributed by atoms with Crippen LogP contribution in [0.4, 0.5) is 0 Å². The maximum atomic E-state index is 12.3. The maximum absolute atomic E-state index is 12.3. The van der Waals surface area contributed by atoms with Gasteiger partial charge >= 0.3 is 0 Å². The summed E-state index contributed by atoms with van der Waals surface area (Å²) in [5.41, 5.74) is 0.323. The summed E-state index contributed by atoms with van der Waals surface area (Å²) >= 11 is 0. The number of nitrogens with zero attached hydrogens (tertiary/aromatic N) is 1. The van der Waals surface area contributed by atoms with Gasteiger partial charge in [0.05, 0.1) is 11.0 Å². The molecule has 1 atom stereocenters. The number of carbonyl (C=O) groups excluding carboxylic acids is 1. The van der Waals surface area contributed by atoms with E-state index < -0.39 is 10.0 Å². The van der Waals surface area contributed by atoms with Crippen LogP contribution < -0.4 is 10.0 Å². The first-order chi connectivity index (χ1) is 11.4. The molecule has 0 saturated carbocycles. The summed E-state index contributed by atoms with van der Waals surface area (Å²) in [6.07, 6.45) is 1.99. The van der Waals surface area contributed by atoms with Gasteiger partial charge in [-0.15, -0.1) is 0 Å². The highest BCUT2D eigenvalue weighted by Crippen LogP contribution is 2.13. The molecule has 0 spiro atoms. The van der Waals surface area contributed by atoms with E-state index in [0.29, 0.717) is 25.2 Å². The zero-order chi connectivity index (χ0) is 17.6. The summed E-state index contributed by atoms with van der Waals surface area (Å²) in [4.78, 5) is 14.2. The minimum atomic E-state index is -3.62. The third-order valence-electron chi connectivity index (χ3n) is 3.77. The summed E-state index contributed by atoms with van der Waals surface area (Å²) in [6, 6.07) is 6.04. The Balaban J connectivity index is 1.97. The summed E-state index contributed by atoms with van der Waals surface area (Å²) < 4.78 is 32.5. The number of ether oxygens (including phenoxy) is 1. The lowest BCUT2D eigenvalue weighted by Gasteiger charge is -2.13. The lowest BCUT2D eigenvalue weighted by Crippen LogP contribution is -2.33. The molecule has 0 bridgehead atoms. The van der Waals surface area contributed by atoms with Crippen molar-refractivity contribution in [2.75, 3.05) is 40.3 Å². The number of amides is 1. The van der Waals surface area contributed by atoms with Gasteiger partial charge in [-0.2, -0.15) is 0 Å². The molecular formula is C16H25N3O4S. The fourth-order valence-electron chi connectivity index (χ4n) is 2.41. The third-order valence-corrected chi connectivity index (χ3v) is 5.23. The second-order valence-electron chi connectivity index (χ2n) is 6.07. The molecule has 2 rings (SSSR count). The molecule has 1 saturated heterocycles. The molecule has 0 radical (unpaired) electrons. The standard InChI is InChI=1S/C16H25N3O4S/c1-19(2)9-8-18-24(21,22)15-7-3-5-13(11-15)16(20)17-12-14-6-4-10-23-14/h3,5,7,11,14,18H,4,6,8-10,12H2,1-2H3,(H,17,20). The molecule has 24 heavy (non-hydrogen) atoms. The van der Waals surface area contributed by atoms with Crippen LogP contribution in [0, 0.1) is 0 Å².